The first-order valence-corrected chi connectivity index (χ1v) is 8.12. The average Bonchev–Trinajstić information content (AvgIpc) is 2.66. The lowest BCUT2D eigenvalue weighted by molar-refractivity contribution is 0.608. The van der Waals surface area contributed by atoms with Crippen molar-refractivity contribution in [1.29, 1.82) is 0 Å². The van der Waals surface area contributed by atoms with Crippen LogP contribution in [0.1, 0.15) is 58.4 Å². The molecule has 1 aromatic rings. The molecule has 0 saturated carbocycles. The van der Waals surface area contributed by atoms with Crippen LogP contribution in [0.25, 0.3) is 0 Å². The summed E-state index contributed by atoms with van der Waals surface area (Å²) in [7, 11) is 0. The van der Waals surface area contributed by atoms with Gasteiger partial charge >= 0.3 is 0 Å². The van der Waals surface area contributed by atoms with E-state index in [9.17, 15) is 0 Å². The molecule has 1 aliphatic rings. The molecule has 4 nitrogen and oxygen atoms in total. The van der Waals surface area contributed by atoms with Crippen LogP contribution in [0.15, 0.2) is 6.33 Å². The summed E-state index contributed by atoms with van der Waals surface area (Å²) in [5.74, 6) is 2.18. The second-order valence-corrected chi connectivity index (χ2v) is 5.70. The van der Waals surface area contributed by atoms with Gasteiger partial charge in [0.15, 0.2) is 0 Å². The molecule has 2 rings (SSSR count). The molecular weight excluding hydrogens is 248 g/mol. The van der Waals surface area contributed by atoms with E-state index in [1.807, 2.05) is 0 Å². The molecule has 112 valence electrons. The summed E-state index contributed by atoms with van der Waals surface area (Å²) in [5, 5.41) is 3.39. The van der Waals surface area contributed by atoms with Crippen LogP contribution in [0.2, 0.25) is 0 Å². The molecule has 0 bridgehead atoms. The van der Waals surface area contributed by atoms with E-state index >= 15 is 0 Å². The first-order chi connectivity index (χ1) is 9.77. The topological polar surface area (TPSA) is 41.1 Å². The minimum absolute atomic E-state index is 0.581. The summed E-state index contributed by atoms with van der Waals surface area (Å²) in [4.78, 5) is 11.6. The fraction of sp³-hybridized carbons (Fsp3) is 0.750. The summed E-state index contributed by atoms with van der Waals surface area (Å²) >= 11 is 0. The molecule has 0 radical (unpaired) electrons. The predicted octanol–water partition coefficient (Wildman–Crippen LogP) is 3.63. The lowest BCUT2D eigenvalue weighted by Crippen LogP contribution is -2.34. The van der Waals surface area contributed by atoms with Gasteiger partial charge in [0.25, 0.3) is 0 Å². The first kappa shape index (κ1) is 15.1. The number of anilines is 2. The van der Waals surface area contributed by atoms with Gasteiger partial charge in [-0.15, -0.1) is 0 Å². The minimum Gasteiger partial charge on any atom is -0.370 e. The van der Waals surface area contributed by atoms with Crippen molar-refractivity contribution in [1.82, 2.24) is 9.97 Å². The molecular formula is C16H28N4. The van der Waals surface area contributed by atoms with Crippen molar-refractivity contribution >= 4 is 11.6 Å². The molecule has 0 amide bonds. The second kappa shape index (κ2) is 7.46. The zero-order valence-electron chi connectivity index (χ0n) is 13.2. The Bertz CT molecular complexity index is 419. The first-order valence-electron chi connectivity index (χ1n) is 8.12. The molecule has 0 aliphatic carbocycles. The van der Waals surface area contributed by atoms with E-state index in [1.54, 1.807) is 6.33 Å². The molecule has 1 fully saturated rings. The van der Waals surface area contributed by atoms with Gasteiger partial charge in [0.05, 0.1) is 0 Å². The van der Waals surface area contributed by atoms with Crippen molar-refractivity contribution in [3.63, 3.8) is 0 Å². The fourth-order valence-electron chi connectivity index (χ4n) is 3.04. The Morgan fingerprint density at radius 2 is 2.10 bits per heavy atom. The van der Waals surface area contributed by atoms with Gasteiger partial charge in [0, 0.05) is 24.7 Å². The van der Waals surface area contributed by atoms with Crippen LogP contribution in [-0.2, 0) is 6.42 Å². The molecule has 1 N–H and O–H groups in total. The van der Waals surface area contributed by atoms with Crippen LogP contribution < -0.4 is 10.2 Å². The van der Waals surface area contributed by atoms with Crippen LogP contribution in [0, 0.1) is 0 Å². The van der Waals surface area contributed by atoms with Crippen molar-refractivity contribution in [2.45, 2.75) is 65.3 Å². The molecule has 1 aromatic heterocycles. The van der Waals surface area contributed by atoms with Gasteiger partial charge in [-0.1, -0.05) is 26.2 Å². The Morgan fingerprint density at radius 1 is 1.25 bits per heavy atom. The number of hydrogen-bond acceptors (Lipinski definition) is 4. The van der Waals surface area contributed by atoms with E-state index in [4.69, 9.17) is 0 Å². The fourth-order valence-corrected chi connectivity index (χ4v) is 3.04. The molecule has 0 aromatic carbocycles. The van der Waals surface area contributed by atoms with Crippen LogP contribution in [-0.4, -0.2) is 29.1 Å². The Morgan fingerprint density at radius 3 is 2.85 bits per heavy atom. The highest BCUT2D eigenvalue weighted by atomic mass is 15.2. The summed E-state index contributed by atoms with van der Waals surface area (Å²) in [5.41, 5.74) is 1.30. The third-order valence-electron chi connectivity index (χ3n) is 4.09. The largest absolute Gasteiger partial charge is 0.370 e. The number of aromatic nitrogens is 2. The van der Waals surface area contributed by atoms with Gasteiger partial charge in [-0.3, -0.25) is 0 Å². The Hall–Kier alpha value is -1.32. The molecule has 1 atom stereocenters. The zero-order chi connectivity index (χ0) is 14.4. The summed E-state index contributed by atoms with van der Waals surface area (Å²) < 4.78 is 0. The normalized spacial score (nSPS) is 19.8. The van der Waals surface area contributed by atoms with Gasteiger partial charge in [-0.25, -0.2) is 9.97 Å². The van der Waals surface area contributed by atoms with Crippen LogP contribution >= 0.6 is 0 Å². The number of hydrogen-bond donors (Lipinski definition) is 1. The van der Waals surface area contributed by atoms with Crippen molar-refractivity contribution in [3.05, 3.63) is 11.9 Å². The summed E-state index contributed by atoms with van der Waals surface area (Å²) in [6.45, 7) is 8.70. The van der Waals surface area contributed by atoms with Crippen LogP contribution in [0.3, 0.4) is 0 Å². The van der Waals surface area contributed by atoms with Crippen molar-refractivity contribution in [3.8, 4) is 0 Å². The average molecular weight is 276 g/mol. The van der Waals surface area contributed by atoms with Crippen LogP contribution in [0.4, 0.5) is 11.6 Å². The summed E-state index contributed by atoms with van der Waals surface area (Å²) in [6.07, 6.45) is 9.11. The molecule has 4 heteroatoms. The van der Waals surface area contributed by atoms with Gasteiger partial charge in [0.1, 0.15) is 18.0 Å². The van der Waals surface area contributed by atoms with Gasteiger partial charge in [-0.2, -0.15) is 0 Å². The van der Waals surface area contributed by atoms with E-state index in [0.29, 0.717) is 6.04 Å². The highest BCUT2D eigenvalue weighted by molar-refractivity contribution is 5.59. The maximum Gasteiger partial charge on any atom is 0.137 e. The standard InChI is InChI=1S/C16H28N4/c1-4-9-14-15(17-5-2)18-12-19-16(14)20-11-8-6-7-10-13(20)3/h12-13H,4-11H2,1-3H3,(H,17,18,19). The predicted molar refractivity (Wildman–Crippen MR) is 85.5 cm³/mol. The smallest absolute Gasteiger partial charge is 0.137 e. The van der Waals surface area contributed by atoms with Crippen molar-refractivity contribution < 1.29 is 0 Å². The third kappa shape index (κ3) is 3.41. The van der Waals surface area contributed by atoms with Crippen molar-refractivity contribution in [2.24, 2.45) is 0 Å². The third-order valence-corrected chi connectivity index (χ3v) is 4.09. The van der Waals surface area contributed by atoms with E-state index in [-0.39, 0.29) is 0 Å². The highest BCUT2D eigenvalue weighted by Gasteiger charge is 2.22. The number of nitrogens with one attached hydrogen (secondary N) is 1. The van der Waals surface area contributed by atoms with E-state index < -0.39 is 0 Å². The molecule has 1 aliphatic heterocycles. The molecule has 20 heavy (non-hydrogen) atoms. The van der Waals surface area contributed by atoms with E-state index in [0.717, 1.165) is 37.6 Å². The quantitative estimate of drug-likeness (QED) is 0.891. The molecule has 1 saturated heterocycles. The minimum atomic E-state index is 0.581. The Balaban J connectivity index is 2.35. The molecule has 1 unspecified atom stereocenters. The Kier molecular flexibility index (Phi) is 5.62. The monoisotopic (exact) mass is 276 g/mol. The number of nitrogens with zero attached hydrogens (tertiary/aromatic N) is 3. The van der Waals surface area contributed by atoms with E-state index in [1.165, 1.54) is 31.2 Å². The number of rotatable bonds is 5. The van der Waals surface area contributed by atoms with Crippen LogP contribution in [0.5, 0.6) is 0 Å². The van der Waals surface area contributed by atoms with E-state index in [2.05, 4.69) is 41.0 Å². The van der Waals surface area contributed by atoms with Gasteiger partial charge in [0.2, 0.25) is 0 Å². The maximum atomic E-state index is 4.63. The maximum absolute atomic E-state index is 4.63. The summed E-state index contributed by atoms with van der Waals surface area (Å²) in [6, 6.07) is 0.581. The molecule has 0 spiro atoms. The Labute approximate surface area is 123 Å². The van der Waals surface area contributed by atoms with Gasteiger partial charge < -0.3 is 10.2 Å². The van der Waals surface area contributed by atoms with Gasteiger partial charge in [-0.05, 0) is 33.1 Å². The SMILES string of the molecule is CCCc1c(NCC)ncnc1N1CCCCCC1C. The zero-order valence-corrected chi connectivity index (χ0v) is 13.2. The molecule has 2 heterocycles. The lowest BCUT2D eigenvalue weighted by atomic mass is 10.1. The van der Waals surface area contributed by atoms with Crippen molar-refractivity contribution in [2.75, 3.05) is 23.3 Å². The lowest BCUT2D eigenvalue weighted by Gasteiger charge is -2.30. The second-order valence-electron chi connectivity index (χ2n) is 5.70. The highest BCUT2D eigenvalue weighted by Crippen LogP contribution is 2.29.